The summed E-state index contributed by atoms with van der Waals surface area (Å²) < 4.78 is 0. The van der Waals surface area contributed by atoms with Crippen LogP contribution in [-0.4, -0.2) is 28.0 Å². The number of hydrogen-bond donors (Lipinski definition) is 2. The third-order valence-corrected chi connectivity index (χ3v) is 4.19. The van der Waals surface area contributed by atoms with Gasteiger partial charge in [-0.2, -0.15) is 5.10 Å². The van der Waals surface area contributed by atoms with E-state index in [0.29, 0.717) is 5.92 Å². The Morgan fingerprint density at radius 1 is 1.20 bits per heavy atom. The number of fused-ring (bicyclic) bond motifs is 1. The van der Waals surface area contributed by atoms with Crippen LogP contribution in [0.3, 0.4) is 0 Å². The summed E-state index contributed by atoms with van der Waals surface area (Å²) in [5.41, 5.74) is 0.958. The second-order valence-corrected chi connectivity index (χ2v) is 5.75. The number of aryl methyl sites for hydroxylation is 1. The summed E-state index contributed by atoms with van der Waals surface area (Å²) >= 11 is 0. The van der Waals surface area contributed by atoms with E-state index in [1.165, 1.54) is 6.42 Å². The van der Waals surface area contributed by atoms with Crippen molar-refractivity contribution in [3.05, 3.63) is 30.0 Å². The molecular formula is C16H21N3O. The molecule has 3 rings (SSSR count). The Morgan fingerprint density at radius 2 is 2.00 bits per heavy atom. The predicted molar refractivity (Wildman–Crippen MR) is 80.7 cm³/mol. The van der Waals surface area contributed by atoms with E-state index in [-0.39, 0.29) is 6.10 Å². The molecule has 0 saturated heterocycles. The van der Waals surface area contributed by atoms with E-state index in [2.05, 4.69) is 27.6 Å². The van der Waals surface area contributed by atoms with E-state index in [0.717, 1.165) is 48.1 Å². The van der Waals surface area contributed by atoms with E-state index in [4.69, 9.17) is 0 Å². The zero-order chi connectivity index (χ0) is 13.9. The van der Waals surface area contributed by atoms with Gasteiger partial charge in [0.2, 0.25) is 0 Å². The molecule has 2 atom stereocenters. The van der Waals surface area contributed by atoms with Crippen molar-refractivity contribution in [3.8, 4) is 0 Å². The summed E-state index contributed by atoms with van der Waals surface area (Å²) in [6, 6.07) is 8.21. The third-order valence-electron chi connectivity index (χ3n) is 4.19. The molecule has 0 bridgehead atoms. The molecule has 4 nitrogen and oxygen atoms in total. The minimum atomic E-state index is -0.128. The molecule has 1 aromatic carbocycles. The summed E-state index contributed by atoms with van der Waals surface area (Å²) in [6.45, 7) is 2.84. The summed E-state index contributed by atoms with van der Waals surface area (Å²) in [7, 11) is 0. The topological polar surface area (TPSA) is 58.0 Å². The molecule has 2 aromatic rings. The van der Waals surface area contributed by atoms with Gasteiger partial charge in [0.15, 0.2) is 5.82 Å². The fraction of sp³-hybridized carbons (Fsp3) is 0.500. The molecule has 1 aliphatic carbocycles. The van der Waals surface area contributed by atoms with Crippen molar-refractivity contribution < 1.29 is 5.11 Å². The van der Waals surface area contributed by atoms with Gasteiger partial charge in [0.25, 0.3) is 0 Å². The molecule has 0 spiro atoms. The van der Waals surface area contributed by atoms with Gasteiger partial charge in [-0.15, -0.1) is 5.10 Å². The van der Waals surface area contributed by atoms with Crippen LogP contribution in [0.4, 0.5) is 5.82 Å². The molecule has 2 unspecified atom stereocenters. The number of nitrogens with zero attached hydrogens (tertiary/aromatic N) is 2. The highest BCUT2D eigenvalue weighted by Gasteiger charge is 2.20. The van der Waals surface area contributed by atoms with Crippen LogP contribution in [0.25, 0.3) is 10.8 Å². The summed E-state index contributed by atoms with van der Waals surface area (Å²) in [4.78, 5) is 0. The molecule has 1 aliphatic rings. The van der Waals surface area contributed by atoms with Crippen molar-refractivity contribution in [2.45, 2.75) is 38.7 Å². The highest BCUT2D eigenvalue weighted by molar-refractivity contribution is 5.92. The van der Waals surface area contributed by atoms with Crippen LogP contribution in [0, 0.1) is 12.8 Å². The summed E-state index contributed by atoms with van der Waals surface area (Å²) in [5.74, 6) is 1.38. The van der Waals surface area contributed by atoms with Gasteiger partial charge in [-0.1, -0.05) is 30.7 Å². The standard InChI is InChI=1S/C16H21N3O/c1-11-14-7-2-3-8-15(14)16(19-18-11)17-10-12-5-4-6-13(20)9-12/h2-3,7-8,12-13,20H,4-6,9-10H2,1H3,(H,17,19). The first-order chi connectivity index (χ1) is 9.74. The second kappa shape index (κ2) is 5.75. The maximum Gasteiger partial charge on any atom is 0.156 e. The molecule has 0 aliphatic heterocycles. The summed E-state index contributed by atoms with van der Waals surface area (Å²) in [5, 5.41) is 23.9. The highest BCUT2D eigenvalue weighted by Crippen LogP contribution is 2.26. The molecule has 1 fully saturated rings. The van der Waals surface area contributed by atoms with Crippen molar-refractivity contribution >= 4 is 16.6 Å². The lowest BCUT2D eigenvalue weighted by Crippen LogP contribution is -2.25. The minimum Gasteiger partial charge on any atom is -0.393 e. The molecule has 1 heterocycles. The molecule has 20 heavy (non-hydrogen) atoms. The van der Waals surface area contributed by atoms with Gasteiger partial charge in [0, 0.05) is 17.3 Å². The first-order valence-electron chi connectivity index (χ1n) is 7.38. The van der Waals surface area contributed by atoms with Crippen LogP contribution >= 0.6 is 0 Å². The number of hydrogen-bond acceptors (Lipinski definition) is 4. The fourth-order valence-electron chi connectivity index (χ4n) is 3.06. The molecule has 106 valence electrons. The van der Waals surface area contributed by atoms with Crippen LogP contribution < -0.4 is 5.32 Å². The maximum atomic E-state index is 9.73. The molecule has 1 aromatic heterocycles. The van der Waals surface area contributed by atoms with E-state index >= 15 is 0 Å². The number of anilines is 1. The number of aromatic nitrogens is 2. The van der Waals surface area contributed by atoms with Gasteiger partial charge in [-0.05, 0) is 32.1 Å². The van der Waals surface area contributed by atoms with Crippen molar-refractivity contribution in [3.63, 3.8) is 0 Å². The normalized spacial score (nSPS) is 22.9. The first kappa shape index (κ1) is 13.3. The van der Waals surface area contributed by atoms with Crippen LogP contribution in [0.1, 0.15) is 31.4 Å². The zero-order valence-electron chi connectivity index (χ0n) is 11.8. The smallest absolute Gasteiger partial charge is 0.156 e. The average Bonchev–Trinajstić information content (AvgIpc) is 2.47. The molecular weight excluding hydrogens is 250 g/mol. The van der Waals surface area contributed by atoms with Crippen LogP contribution in [-0.2, 0) is 0 Å². The van der Waals surface area contributed by atoms with Gasteiger partial charge in [-0.3, -0.25) is 0 Å². The Bertz CT molecular complexity index is 599. The van der Waals surface area contributed by atoms with E-state index in [1.807, 2.05) is 19.1 Å². The van der Waals surface area contributed by atoms with Crippen molar-refractivity contribution in [1.29, 1.82) is 0 Å². The number of aliphatic hydroxyl groups is 1. The Hall–Kier alpha value is -1.68. The van der Waals surface area contributed by atoms with E-state index in [1.54, 1.807) is 0 Å². The van der Waals surface area contributed by atoms with Crippen LogP contribution in [0.5, 0.6) is 0 Å². The fourth-order valence-corrected chi connectivity index (χ4v) is 3.06. The molecule has 1 saturated carbocycles. The van der Waals surface area contributed by atoms with Crippen molar-refractivity contribution in [2.24, 2.45) is 5.92 Å². The minimum absolute atomic E-state index is 0.128. The SMILES string of the molecule is Cc1nnc(NCC2CCCC(O)C2)c2ccccc12. The number of aliphatic hydroxyl groups excluding tert-OH is 1. The number of benzene rings is 1. The highest BCUT2D eigenvalue weighted by atomic mass is 16.3. The van der Waals surface area contributed by atoms with Gasteiger partial charge in [0.1, 0.15) is 0 Å². The Labute approximate surface area is 119 Å². The average molecular weight is 271 g/mol. The quantitative estimate of drug-likeness (QED) is 0.901. The Morgan fingerprint density at radius 3 is 2.80 bits per heavy atom. The predicted octanol–water partition coefficient (Wildman–Crippen LogP) is 2.90. The van der Waals surface area contributed by atoms with Crippen molar-refractivity contribution in [1.82, 2.24) is 10.2 Å². The van der Waals surface area contributed by atoms with E-state index in [9.17, 15) is 5.11 Å². The number of rotatable bonds is 3. The lowest BCUT2D eigenvalue weighted by atomic mass is 9.87. The van der Waals surface area contributed by atoms with Gasteiger partial charge in [-0.25, -0.2) is 0 Å². The third kappa shape index (κ3) is 2.75. The van der Waals surface area contributed by atoms with Crippen LogP contribution in [0.2, 0.25) is 0 Å². The zero-order valence-corrected chi connectivity index (χ0v) is 11.8. The molecule has 4 heteroatoms. The molecule has 0 radical (unpaired) electrons. The molecule has 2 N–H and O–H groups in total. The second-order valence-electron chi connectivity index (χ2n) is 5.75. The molecule has 0 amide bonds. The van der Waals surface area contributed by atoms with Crippen molar-refractivity contribution in [2.75, 3.05) is 11.9 Å². The summed E-state index contributed by atoms with van der Waals surface area (Å²) in [6.07, 6.45) is 4.01. The largest absolute Gasteiger partial charge is 0.393 e. The lowest BCUT2D eigenvalue weighted by Gasteiger charge is -2.26. The van der Waals surface area contributed by atoms with Gasteiger partial charge in [0.05, 0.1) is 11.8 Å². The van der Waals surface area contributed by atoms with E-state index < -0.39 is 0 Å². The number of nitrogens with one attached hydrogen (secondary N) is 1. The maximum absolute atomic E-state index is 9.73. The van der Waals surface area contributed by atoms with Gasteiger partial charge < -0.3 is 10.4 Å². The lowest BCUT2D eigenvalue weighted by molar-refractivity contribution is 0.104. The Kier molecular flexibility index (Phi) is 3.83. The first-order valence-corrected chi connectivity index (χ1v) is 7.38. The monoisotopic (exact) mass is 271 g/mol. The Balaban J connectivity index is 1.76. The van der Waals surface area contributed by atoms with Crippen LogP contribution in [0.15, 0.2) is 24.3 Å². The van der Waals surface area contributed by atoms with Gasteiger partial charge >= 0.3 is 0 Å².